The summed E-state index contributed by atoms with van der Waals surface area (Å²) < 4.78 is 2.18. The molecule has 0 aliphatic carbocycles. The largest absolute Gasteiger partial charge is 0.278 e. The molecule has 0 N–H and O–H groups in total. The van der Waals surface area contributed by atoms with Gasteiger partial charge in [-0.1, -0.05) is 176 Å². The molecule has 0 spiro atoms. The summed E-state index contributed by atoms with van der Waals surface area (Å²) in [5, 5.41) is 4.72. The molecule has 0 bridgehead atoms. The van der Waals surface area contributed by atoms with Crippen LogP contribution in [0.15, 0.2) is 206 Å². The van der Waals surface area contributed by atoms with Crippen LogP contribution in [0, 0.1) is 0 Å². The molecule has 3 heterocycles. The fraction of sp³-hybridized carbons (Fsp3) is 0. The van der Waals surface area contributed by atoms with E-state index in [0.29, 0.717) is 23.4 Å². The van der Waals surface area contributed by atoms with Crippen LogP contribution in [0.4, 0.5) is 0 Å². The van der Waals surface area contributed by atoms with Crippen molar-refractivity contribution in [2.75, 3.05) is 0 Å². The minimum Gasteiger partial charge on any atom is -0.278 e. The molecule has 8 aromatic carbocycles. The lowest BCUT2D eigenvalue weighted by Gasteiger charge is -2.12. The lowest BCUT2D eigenvalue weighted by Crippen LogP contribution is -2.06. The lowest BCUT2D eigenvalue weighted by atomic mass is 9.99. The van der Waals surface area contributed by atoms with Crippen LogP contribution in [0.5, 0.6) is 0 Å². The van der Waals surface area contributed by atoms with Gasteiger partial charge in [-0.25, -0.2) is 15.0 Å². The van der Waals surface area contributed by atoms with Gasteiger partial charge in [0.1, 0.15) is 0 Å². The first-order valence-corrected chi connectivity index (χ1v) is 19.7. The molecule has 11 aromatic rings. The van der Waals surface area contributed by atoms with Gasteiger partial charge < -0.3 is 0 Å². The van der Waals surface area contributed by atoms with E-state index in [4.69, 9.17) is 24.9 Å². The summed E-state index contributed by atoms with van der Waals surface area (Å²) in [4.78, 5) is 25.6. The van der Waals surface area contributed by atoms with E-state index >= 15 is 0 Å². The van der Waals surface area contributed by atoms with E-state index in [2.05, 4.69) is 144 Å². The Labute approximate surface area is 340 Å². The molecule has 0 aliphatic heterocycles. The standard InChI is InChI=1S/C53H34N6/c1-4-17-36(18-5-1)45-34-46(55-50(54-45)37-19-6-2-7-20-37)41-25-14-23-39(32-41)40-24-15-26-42(33-40)52-56-51(38-21-8-3-9-22-38)57-53(58-52)59-47-29-13-12-28-44(47)49-43-27-11-10-16-35(43)30-31-48(49)59/h1-34H. The van der Waals surface area contributed by atoms with Crippen LogP contribution in [-0.4, -0.2) is 29.5 Å². The van der Waals surface area contributed by atoms with Crippen LogP contribution >= 0.6 is 0 Å². The second-order valence-electron chi connectivity index (χ2n) is 14.5. The normalized spacial score (nSPS) is 11.4. The zero-order chi connectivity index (χ0) is 39.1. The van der Waals surface area contributed by atoms with Crippen LogP contribution < -0.4 is 0 Å². The Kier molecular flexibility index (Phi) is 8.37. The Bertz CT molecular complexity index is 3270. The maximum absolute atomic E-state index is 5.25. The van der Waals surface area contributed by atoms with Crippen LogP contribution in [0.1, 0.15) is 0 Å². The van der Waals surface area contributed by atoms with E-state index in [-0.39, 0.29) is 0 Å². The molecular weight excluding hydrogens is 721 g/mol. The summed E-state index contributed by atoms with van der Waals surface area (Å²) >= 11 is 0. The van der Waals surface area contributed by atoms with Crippen molar-refractivity contribution in [1.29, 1.82) is 0 Å². The van der Waals surface area contributed by atoms with Crippen molar-refractivity contribution in [1.82, 2.24) is 29.5 Å². The number of hydrogen-bond donors (Lipinski definition) is 0. The number of rotatable bonds is 7. The fourth-order valence-corrected chi connectivity index (χ4v) is 8.03. The molecule has 3 aromatic heterocycles. The van der Waals surface area contributed by atoms with E-state index < -0.39 is 0 Å². The van der Waals surface area contributed by atoms with Crippen LogP contribution in [-0.2, 0) is 0 Å². The smallest absolute Gasteiger partial charge is 0.238 e. The van der Waals surface area contributed by atoms with Crippen molar-refractivity contribution in [3.05, 3.63) is 206 Å². The molecule has 0 amide bonds. The number of fused-ring (bicyclic) bond motifs is 5. The molecule has 0 aliphatic rings. The fourth-order valence-electron chi connectivity index (χ4n) is 8.03. The highest BCUT2D eigenvalue weighted by Gasteiger charge is 2.19. The maximum Gasteiger partial charge on any atom is 0.238 e. The van der Waals surface area contributed by atoms with Crippen molar-refractivity contribution in [2.24, 2.45) is 0 Å². The highest BCUT2D eigenvalue weighted by atomic mass is 15.2. The zero-order valence-electron chi connectivity index (χ0n) is 31.8. The van der Waals surface area contributed by atoms with E-state index in [0.717, 1.165) is 66.8 Å². The third-order valence-corrected chi connectivity index (χ3v) is 10.9. The topological polar surface area (TPSA) is 69.4 Å². The monoisotopic (exact) mass is 754 g/mol. The van der Waals surface area contributed by atoms with E-state index in [1.807, 2.05) is 66.7 Å². The van der Waals surface area contributed by atoms with Crippen LogP contribution in [0.2, 0.25) is 0 Å². The first-order valence-electron chi connectivity index (χ1n) is 19.7. The molecular formula is C53H34N6. The predicted molar refractivity (Wildman–Crippen MR) is 240 cm³/mol. The molecule has 0 atom stereocenters. The summed E-state index contributed by atoms with van der Waals surface area (Å²) in [6.45, 7) is 0. The SMILES string of the molecule is c1ccc(-c2cc(-c3cccc(-c4cccc(-c5nc(-c6ccccc6)nc(-n6c7ccccc7c7c8ccccc8ccc76)n5)c4)c3)nc(-c3ccccc3)n2)cc1. The zero-order valence-corrected chi connectivity index (χ0v) is 31.8. The van der Waals surface area contributed by atoms with Gasteiger partial charge >= 0.3 is 0 Å². The Balaban J connectivity index is 1.05. The molecule has 6 heteroatoms. The average Bonchev–Trinajstić information content (AvgIpc) is 3.67. The van der Waals surface area contributed by atoms with Crippen molar-refractivity contribution in [3.8, 4) is 73.8 Å². The van der Waals surface area contributed by atoms with Crippen molar-refractivity contribution in [2.45, 2.75) is 0 Å². The van der Waals surface area contributed by atoms with E-state index in [1.165, 1.54) is 16.2 Å². The van der Waals surface area contributed by atoms with Gasteiger partial charge in [-0.05, 0) is 52.2 Å². The first kappa shape index (κ1) is 34.2. The summed E-state index contributed by atoms with van der Waals surface area (Å²) in [7, 11) is 0. The molecule has 0 unspecified atom stereocenters. The molecule has 0 fully saturated rings. The summed E-state index contributed by atoms with van der Waals surface area (Å²) in [6, 6.07) is 71.0. The molecule has 59 heavy (non-hydrogen) atoms. The second-order valence-corrected chi connectivity index (χ2v) is 14.5. The summed E-state index contributed by atoms with van der Waals surface area (Å²) in [6.07, 6.45) is 0. The van der Waals surface area contributed by atoms with Gasteiger partial charge in [0.2, 0.25) is 5.95 Å². The Morgan fingerprint density at radius 3 is 1.47 bits per heavy atom. The van der Waals surface area contributed by atoms with Gasteiger partial charge in [0, 0.05) is 38.6 Å². The third-order valence-electron chi connectivity index (χ3n) is 10.9. The summed E-state index contributed by atoms with van der Waals surface area (Å²) in [5.74, 6) is 2.45. The van der Waals surface area contributed by atoms with E-state index in [1.54, 1.807) is 0 Å². The second kappa shape index (κ2) is 14.4. The number of aromatic nitrogens is 6. The van der Waals surface area contributed by atoms with Gasteiger partial charge in [0.25, 0.3) is 0 Å². The molecule has 276 valence electrons. The lowest BCUT2D eigenvalue weighted by molar-refractivity contribution is 0.953. The van der Waals surface area contributed by atoms with Gasteiger partial charge in [0.15, 0.2) is 17.5 Å². The maximum atomic E-state index is 5.25. The van der Waals surface area contributed by atoms with Gasteiger partial charge in [-0.3, -0.25) is 4.57 Å². The Hall–Kier alpha value is -8.09. The number of nitrogens with zero attached hydrogens (tertiary/aromatic N) is 6. The third kappa shape index (κ3) is 6.29. The highest BCUT2D eigenvalue weighted by Crippen LogP contribution is 2.37. The molecule has 0 saturated carbocycles. The molecule has 11 rings (SSSR count). The van der Waals surface area contributed by atoms with Gasteiger partial charge in [0.05, 0.1) is 22.4 Å². The van der Waals surface area contributed by atoms with E-state index in [9.17, 15) is 0 Å². The molecule has 0 saturated heterocycles. The number of para-hydroxylation sites is 1. The van der Waals surface area contributed by atoms with Crippen LogP contribution in [0.3, 0.4) is 0 Å². The van der Waals surface area contributed by atoms with Crippen molar-refractivity contribution >= 4 is 32.6 Å². The summed E-state index contributed by atoms with van der Waals surface area (Å²) in [5.41, 5.74) is 10.7. The minimum absolute atomic E-state index is 0.565. The Morgan fingerprint density at radius 1 is 0.288 bits per heavy atom. The van der Waals surface area contributed by atoms with Crippen molar-refractivity contribution in [3.63, 3.8) is 0 Å². The minimum atomic E-state index is 0.565. The quantitative estimate of drug-likeness (QED) is 0.162. The predicted octanol–water partition coefficient (Wildman–Crippen LogP) is 12.9. The number of hydrogen-bond acceptors (Lipinski definition) is 5. The molecule has 0 radical (unpaired) electrons. The number of benzene rings is 8. The van der Waals surface area contributed by atoms with Crippen molar-refractivity contribution < 1.29 is 0 Å². The van der Waals surface area contributed by atoms with Gasteiger partial charge in [-0.15, -0.1) is 0 Å². The van der Waals surface area contributed by atoms with Crippen LogP contribution in [0.25, 0.3) is 106 Å². The Morgan fingerprint density at radius 2 is 0.780 bits per heavy atom. The molecule has 6 nitrogen and oxygen atoms in total. The average molecular weight is 755 g/mol. The first-order chi connectivity index (χ1) is 29.2. The van der Waals surface area contributed by atoms with Gasteiger partial charge in [-0.2, -0.15) is 9.97 Å². The highest BCUT2D eigenvalue weighted by molar-refractivity contribution is 6.21.